The van der Waals surface area contributed by atoms with Gasteiger partial charge in [-0.15, -0.1) is 0 Å². The molecule has 1 saturated heterocycles. The standard InChI is InChI=1S/C16H28N2/c1-3-17-4-2-12(1)11-18-16-8-13-5-14(9-16)7-15(6-13)10-16/h12-15,17-18H,1-11H2. The van der Waals surface area contributed by atoms with E-state index in [0.29, 0.717) is 5.54 Å². The second kappa shape index (κ2) is 4.49. The minimum Gasteiger partial charge on any atom is -0.317 e. The van der Waals surface area contributed by atoms with Crippen molar-refractivity contribution in [1.29, 1.82) is 0 Å². The lowest BCUT2D eigenvalue weighted by Crippen LogP contribution is -2.59. The average molecular weight is 248 g/mol. The maximum atomic E-state index is 4.07. The van der Waals surface area contributed by atoms with Crippen LogP contribution in [0.4, 0.5) is 0 Å². The molecule has 4 bridgehead atoms. The smallest absolute Gasteiger partial charge is 0.0189 e. The first-order chi connectivity index (χ1) is 8.81. The molecule has 1 aliphatic heterocycles. The van der Waals surface area contributed by atoms with E-state index in [1.165, 1.54) is 51.7 Å². The molecule has 2 nitrogen and oxygen atoms in total. The van der Waals surface area contributed by atoms with E-state index in [9.17, 15) is 0 Å². The largest absolute Gasteiger partial charge is 0.317 e. The van der Waals surface area contributed by atoms with Crippen LogP contribution in [-0.2, 0) is 0 Å². The van der Waals surface area contributed by atoms with Crippen molar-refractivity contribution in [2.75, 3.05) is 19.6 Å². The Balaban J connectivity index is 1.38. The van der Waals surface area contributed by atoms with E-state index in [0.717, 1.165) is 23.7 Å². The fraction of sp³-hybridized carbons (Fsp3) is 1.00. The Morgan fingerprint density at radius 2 is 1.44 bits per heavy atom. The first-order valence-electron chi connectivity index (χ1n) is 8.27. The summed E-state index contributed by atoms with van der Waals surface area (Å²) in [6, 6.07) is 0. The van der Waals surface area contributed by atoms with E-state index >= 15 is 0 Å². The van der Waals surface area contributed by atoms with Gasteiger partial charge in [0.25, 0.3) is 0 Å². The lowest BCUT2D eigenvalue weighted by Gasteiger charge is -2.57. The summed E-state index contributed by atoms with van der Waals surface area (Å²) >= 11 is 0. The maximum absolute atomic E-state index is 4.07. The van der Waals surface area contributed by atoms with Crippen LogP contribution in [0.3, 0.4) is 0 Å². The monoisotopic (exact) mass is 248 g/mol. The summed E-state index contributed by atoms with van der Waals surface area (Å²) in [5.41, 5.74) is 0.583. The molecule has 0 aromatic rings. The van der Waals surface area contributed by atoms with E-state index in [1.54, 1.807) is 19.3 Å². The SMILES string of the molecule is C1CC(CNC23CC4CC(CC(C4)C2)C3)CCN1. The molecule has 0 unspecified atom stereocenters. The molecule has 0 spiro atoms. The van der Waals surface area contributed by atoms with Gasteiger partial charge in [0.2, 0.25) is 0 Å². The molecule has 2 N–H and O–H groups in total. The number of hydrogen-bond acceptors (Lipinski definition) is 2. The van der Waals surface area contributed by atoms with E-state index < -0.39 is 0 Å². The minimum absolute atomic E-state index is 0.583. The molecule has 0 amide bonds. The van der Waals surface area contributed by atoms with Gasteiger partial charge in [-0.1, -0.05) is 0 Å². The lowest BCUT2D eigenvalue weighted by molar-refractivity contribution is -0.0217. The zero-order valence-electron chi connectivity index (χ0n) is 11.6. The van der Waals surface area contributed by atoms with E-state index in [2.05, 4.69) is 10.6 Å². The summed E-state index contributed by atoms with van der Waals surface area (Å²) in [5.74, 6) is 4.18. The minimum atomic E-state index is 0.583. The summed E-state index contributed by atoms with van der Waals surface area (Å²) in [4.78, 5) is 0. The Kier molecular flexibility index (Phi) is 2.92. The summed E-state index contributed by atoms with van der Waals surface area (Å²) in [6.45, 7) is 3.79. The van der Waals surface area contributed by atoms with Crippen molar-refractivity contribution in [2.45, 2.75) is 56.9 Å². The van der Waals surface area contributed by atoms with Crippen LogP contribution in [-0.4, -0.2) is 25.2 Å². The van der Waals surface area contributed by atoms with Crippen LogP contribution >= 0.6 is 0 Å². The molecule has 0 radical (unpaired) electrons. The van der Waals surface area contributed by atoms with Crippen LogP contribution in [0.25, 0.3) is 0 Å². The van der Waals surface area contributed by atoms with E-state index in [1.807, 2.05) is 0 Å². The molecule has 102 valence electrons. The van der Waals surface area contributed by atoms with Gasteiger partial charge in [0, 0.05) is 5.54 Å². The van der Waals surface area contributed by atoms with Gasteiger partial charge in [0.05, 0.1) is 0 Å². The highest BCUT2D eigenvalue weighted by molar-refractivity contribution is 5.06. The Hall–Kier alpha value is -0.0800. The van der Waals surface area contributed by atoms with Gasteiger partial charge in [0.1, 0.15) is 0 Å². The van der Waals surface area contributed by atoms with Crippen LogP contribution in [0.15, 0.2) is 0 Å². The number of nitrogens with one attached hydrogen (secondary N) is 2. The zero-order valence-corrected chi connectivity index (χ0v) is 11.6. The molecule has 1 heterocycles. The molecular weight excluding hydrogens is 220 g/mol. The molecule has 4 saturated carbocycles. The third-order valence-corrected chi connectivity index (χ3v) is 6.26. The third-order valence-electron chi connectivity index (χ3n) is 6.26. The molecule has 0 aromatic heterocycles. The average Bonchev–Trinajstić information content (AvgIpc) is 2.36. The number of piperidine rings is 1. The van der Waals surface area contributed by atoms with Gasteiger partial charge in [-0.3, -0.25) is 0 Å². The quantitative estimate of drug-likeness (QED) is 0.802. The topological polar surface area (TPSA) is 24.1 Å². The van der Waals surface area contributed by atoms with Crippen molar-refractivity contribution >= 4 is 0 Å². The highest BCUT2D eigenvalue weighted by Gasteiger charge is 2.50. The van der Waals surface area contributed by atoms with Crippen LogP contribution in [0.2, 0.25) is 0 Å². The van der Waals surface area contributed by atoms with Crippen molar-refractivity contribution in [1.82, 2.24) is 10.6 Å². The van der Waals surface area contributed by atoms with Crippen LogP contribution in [0.5, 0.6) is 0 Å². The Morgan fingerprint density at radius 3 is 2.00 bits per heavy atom. The summed E-state index contributed by atoms with van der Waals surface area (Å²) in [7, 11) is 0. The van der Waals surface area contributed by atoms with Crippen molar-refractivity contribution in [3.63, 3.8) is 0 Å². The second-order valence-electron chi connectivity index (χ2n) is 7.77. The number of hydrogen-bond donors (Lipinski definition) is 2. The lowest BCUT2D eigenvalue weighted by atomic mass is 9.53. The molecule has 0 atom stereocenters. The molecule has 5 fully saturated rings. The second-order valence-corrected chi connectivity index (χ2v) is 7.77. The Labute approximate surface area is 111 Å². The molecule has 5 rings (SSSR count). The predicted molar refractivity (Wildman–Crippen MR) is 74.5 cm³/mol. The third kappa shape index (κ3) is 2.12. The van der Waals surface area contributed by atoms with Crippen LogP contribution in [0.1, 0.15) is 51.4 Å². The van der Waals surface area contributed by atoms with Crippen molar-refractivity contribution < 1.29 is 0 Å². The molecule has 2 heteroatoms. The molecule has 4 aliphatic carbocycles. The van der Waals surface area contributed by atoms with Crippen molar-refractivity contribution in [2.24, 2.45) is 23.7 Å². The summed E-state index contributed by atoms with van der Waals surface area (Å²) < 4.78 is 0. The summed E-state index contributed by atoms with van der Waals surface area (Å²) in [5, 5.41) is 7.55. The van der Waals surface area contributed by atoms with Crippen molar-refractivity contribution in [3.05, 3.63) is 0 Å². The Bertz CT molecular complexity index is 271. The molecule has 5 aliphatic rings. The van der Waals surface area contributed by atoms with E-state index in [4.69, 9.17) is 0 Å². The van der Waals surface area contributed by atoms with Crippen LogP contribution < -0.4 is 10.6 Å². The first kappa shape index (κ1) is 11.7. The Morgan fingerprint density at radius 1 is 0.889 bits per heavy atom. The normalized spacial score (nSPS) is 47.7. The highest BCUT2D eigenvalue weighted by atomic mass is 15.0. The highest BCUT2D eigenvalue weighted by Crippen LogP contribution is 2.55. The summed E-state index contributed by atoms with van der Waals surface area (Å²) in [6.07, 6.45) is 12.0. The fourth-order valence-electron chi connectivity index (χ4n) is 5.77. The fourth-order valence-corrected chi connectivity index (χ4v) is 5.77. The zero-order chi connectivity index (χ0) is 12.0. The van der Waals surface area contributed by atoms with E-state index in [-0.39, 0.29) is 0 Å². The first-order valence-corrected chi connectivity index (χ1v) is 8.27. The maximum Gasteiger partial charge on any atom is 0.0189 e. The molecule has 18 heavy (non-hydrogen) atoms. The van der Waals surface area contributed by atoms with Gasteiger partial charge in [-0.05, 0) is 94.7 Å². The van der Waals surface area contributed by atoms with Gasteiger partial charge in [0.15, 0.2) is 0 Å². The van der Waals surface area contributed by atoms with Gasteiger partial charge in [-0.2, -0.15) is 0 Å². The van der Waals surface area contributed by atoms with Gasteiger partial charge in [-0.25, -0.2) is 0 Å². The molecular formula is C16H28N2. The predicted octanol–water partition coefficient (Wildman–Crippen LogP) is 2.54. The van der Waals surface area contributed by atoms with Crippen LogP contribution in [0, 0.1) is 23.7 Å². The van der Waals surface area contributed by atoms with Crippen molar-refractivity contribution in [3.8, 4) is 0 Å². The van der Waals surface area contributed by atoms with Gasteiger partial charge >= 0.3 is 0 Å². The molecule has 0 aromatic carbocycles. The van der Waals surface area contributed by atoms with Gasteiger partial charge < -0.3 is 10.6 Å². The number of rotatable bonds is 3.